The molecule has 0 bridgehead atoms. The number of rotatable bonds is 7. The molecular formula is C22H18N4O6. The van der Waals surface area contributed by atoms with Gasteiger partial charge in [0.2, 0.25) is 0 Å². The van der Waals surface area contributed by atoms with Gasteiger partial charge in [-0.15, -0.1) is 0 Å². The van der Waals surface area contributed by atoms with Gasteiger partial charge in [-0.05, 0) is 17.7 Å². The molecule has 0 saturated heterocycles. The van der Waals surface area contributed by atoms with Crippen molar-refractivity contribution in [2.75, 3.05) is 12.4 Å². The molecule has 3 N–H and O–H groups in total. The van der Waals surface area contributed by atoms with E-state index in [4.69, 9.17) is 18.7 Å². The van der Waals surface area contributed by atoms with Crippen LogP contribution in [0, 0.1) is 0 Å². The zero-order chi connectivity index (χ0) is 22.5. The van der Waals surface area contributed by atoms with E-state index < -0.39 is 11.9 Å². The molecule has 2 aromatic heterocycles. The fourth-order valence-corrected chi connectivity index (χ4v) is 3.07. The first-order valence-electron chi connectivity index (χ1n) is 9.44. The summed E-state index contributed by atoms with van der Waals surface area (Å²) >= 11 is 0. The maximum atomic E-state index is 11.3. The average molecular weight is 434 g/mol. The van der Waals surface area contributed by atoms with Gasteiger partial charge in [0.1, 0.15) is 5.75 Å². The van der Waals surface area contributed by atoms with Crippen LogP contribution in [0.5, 0.6) is 5.75 Å². The third-order valence-electron chi connectivity index (χ3n) is 4.57. The molecule has 162 valence electrons. The first-order chi connectivity index (χ1) is 15.5. The molecule has 0 aliphatic rings. The van der Waals surface area contributed by atoms with E-state index >= 15 is 0 Å². The lowest BCUT2D eigenvalue weighted by atomic mass is 10.1. The number of methoxy groups -OCH3 is 1. The monoisotopic (exact) mass is 434 g/mol. The van der Waals surface area contributed by atoms with Crippen LogP contribution < -0.4 is 15.4 Å². The quantitative estimate of drug-likeness (QED) is 0.373. The molecule has 0 spiro atoms. The number of carbonyl (C=O) groups excluding carboxylic acids is 1. The number of oxazole rings is 2. The Labute approximate surface area is 181 Å². The number of aliphatic carboxylic acids is 1. The molecule has 32 heavy (non-hydrogen) atoms. The lowest BCUT2D eigenvalue weighted by Crippen LogP contribution is -2.30. The van der Waals surface area contributed by atoms with E-state index in [0.29, 0.717) is 34.1 Å². The fourth-order valence-electron chi connectivity index (χ4n) is 3.07. The Kier molecular flexibility index (Phi) is 5.84. The van der Waals surface area contributed by atoms with Crippen molar-refractivity contribution in [1.29, 1.82) is 0 Å². The molecule has 0 saturated carbocycles. The van der Waals surface area contributed by atoms with E-state index in [2.05, 4.69) is 20.6 Å². The molecule has 2 heterocycles. The largest absolute Gasteiger partial charge is 0.496 e. The molecule has 4 aromatic rings. The summed E-state index contributed by atoms with van der Waals surface area (Å²) in [7, 11) is 1.56. The third kappa shape index (κ3) is 4.43. The maximum Gasteiger partial charge on any atom is 0.394 e. The Hall–Kier alpha value is -4.60. The van der Waals surface area contributed by atoms with Crippen LogP contribution in [0.15, 0.2) is 70.1 Å². The standard InChI is InChI=1S/C22H18N4O6/c1-30-17-8-14(6-7-16(17)18-10-23-12-31-18)26-22-25-11-19(32-22)15-5-3-2-4-13(15)9-24-20(27)21(28)29/h2-8,10-12H,9H2,1H3,(H,24,27)(H,25,26)(H,28,29). The van der Waals surface area contributed by atoms with Gasteiger partial charge in [0.25, 0.3) is 6.01 Å². The fraction of sp³-hybridized carbons (Fsp3) is 0.0909. The van der Waals surface area contributed by atoms with E-state index in [1.165, 1.54) is 6.39 Å². The highest BCUT2D eigenvalue weighted by Crippen LogP contribution is 2.34. The number of hydrogen-bond acceptors (Lipinski definition) is 8. The normalized spacial score (nSPS) is 10.5. The summed E-state index contributed by atoms with van der Waals surface area (Å²) in [6.45, 7) is 0.0328. The number of nitrogens with zero attached hydrogens (tertiary/aromatic N) is 2. The molecule has 4 rings (SSSR count). The van der Waals surface area contributed by atoms with Crippen LogP contribution in [0.4, 0.5) is 11.7 Å². The van der Waals surface area contributed by atoms with E-state index in [0.717, 1.165) is 5.56 Å². The van der Waals surface area contributed by atoms with Crippen LogP contribution in [0.3, 0.4) is 0 Å². The number of nitrogens with one attached hydrogen (secondary N) is 2. The molecule has 2 aromatic carbocycles. The highest BCUT2D eigenvalue weighted by atomic mass is 16.5. The van der Waals surface area contributed by atoms with Crippen LogP contribution in [0.1, 0.15) is 5.56 Å². The SMILES string of the molecule is COc1cc(Nc2ncc(-c3ccccc3CNC(=O)C(=O)O)o2)ccc1-c1cnco1. The molecule has 1 amide bonds. The van der Waals surface area contributed by atoms with Crippen molar-refractivity contribution in [2.45, 2.75) is 6.54 Å². The summed E-state index contributed by atoms with van der Waals surface area (Å²) in [4.78, 5) is 30.2. The number of carboxylic acid groups (broad SMARTS) is 1. The van der Waals surface area contributed by atoms with Gasteiger partial charge in [-0.1, -0.05) is 24.3 Å². The smallest absolute Gasteiger partial charge is 0.394 e. The van der Waals surface area contributed by atoms with Crippen molar-refractivity contribution in [2.24, 2.45) is 0 Å². The van der Waals surface area contributed by atoms with Crippen molar-refractivity contribution < 1.29 is 28.3 Å². The number of hydrogen-bond donors (Lipinski definition) is 3. The summed E-state index contributed by atoms with van der Waals surface area (Å²) < 4.78 is 16.6. The Morgan fingerprint density at radius 1 is 1.09 bits per heavy atom. The van der Waals surface area contributed by atoms with E-state index in [1.54, 1.807) is 49.8 Å². The second-order valence-corrected chi connectivity index (χ2v) is 6.58. The second kappa shape index (κ2) is 9.04. The van der Waals surface area contributed by atoms with Gasteiger partial charge in [-0.2, -0.15) is 0 Å². The summed E-state index contributed by atoms with van der Waals surface area (Å²) in [6.07, 6.45) is 4.49. The van der Waals surface area contributed by atoms with E-state index in [1.807, 2.05) is 12.1 Å². The molecular weight excluding hydrogens is 416 g/mol. The molecule has 10 nitrogen and oxygen atoms in total. The predicted octanol–water partition coefficient (Wildman–Crippen LogP) is 3.45. The second-order valence-electron chi connectivity index (χ2n) is 6.58. The van der Waals surface area contributed by atoms with Gasteiger partial charge in [0, 0.05) is 23.9 Å². The third-order valence-corrected chi connectivity index (χ3v) is 4.57. The summed E-state index contributed by atoms with van der Waals surface area (Å²) in [6, 6.07) is 12.8. The average Bonchev–Trinajstić information content (AvgIpc) is 3.50. The first-order valence-corrected chi connectivity index (χ1v) is 9.44. The van der Waals surface area contributed by atoms with Crippen LogP contribution >= 0.6 is 0 Å². The zero-order valence-electron chi connectivity index (χ0n) is 16.9. The predicted molar refractivity (Wildman–Crippen MR) is 113 cm³/mol. The minimum Gasteiger partial charge on any atom is -0.496 e. The minimum atomic E-state index is -1.54. The lowest BCUT2D eigenvalue weighted by molar-refractivity contribution is -0.150. The Bertz CT molecular complexity index is 1250. The topological polar surface area (TPSA) is 140 Å². The zero-order valence-corrected chi connectivity index (χ0v) is 16.9. The molecule has 0 aliphatic carbocycles. The number of carbonyl (C=O) groups is 2. The summed E-state index contributed by atoms with van der Waals surface area (Å²) in [5.41, 5.74) is 2.79. The molecule has 0 radical (unpaired) electrons. The highest BCUT2D eigenvalue weighted by molar-refractivity contribution is 6.31. The van der Waals surface area contributed by atoms with Gasteiger partial charge in [-0.3, -0.25) is 4.79 Å². The van der Waals surface area contributed by atoms with Crippen molar-refractivity contribution in [3.8, 4) is 28.4 Å². The van der Waals surface area contributed by atoms with Gasteiger partial charge in [0.05, 0.1) is 25.1 Å². The first kappa shape index (κ1) is 20.7. The van der Waals surface area contributed by atoms with E-state index in [-0.39, 0.29) is 12.6 Å². The number of ether oxygens (including phenoxy) is 1. The molecule has 0 unspecified atom stereocenters. The van der Waals surface area contributed by atoms with Crippen LogP contribution in [-0.4, -0.2) is 34.1 Å². The number of aromatic nitrogens is 2. The van der Waals surface area contributed by atoms with E-state index in [9.17, 15) is 9.59 Å². The number of carboxylic acids is 1. The van der Waals surface area contributed by atoms with Gasteiger partial charge >= 0.3 is 11.9 Å². The van der Waals surface area contributed by atoms with Gasteiger partial charge in [-0.25, -0.2) is 14.8 Å². The molecule has 0 atom stereocenters. The van der Waals surface area contributed by atoms with Crippen LogP contribution in [0.2, 0.25) is 0 Å². The number of amides is 1. The van der Waals surface area contributed by atoms with Crippen LogP contribution in [-0.2, 0) is 16.1 Å². The van der Waals surface area contributed by atoms with Crippen LogP contribution in [0.25, 0.3) is 22.6 Å². The van der Waals surface area contributed by atoms with Crippen molar-refractivity contribution >= 4 is 23.6 Å². The minimum absolute atomic E-state index is 0.0328. The number of benzene rings is 2. The molecule has 0 aliphatic heterocycles. The lowest BCUT2D eigenvalue weighted by Gasteiger charge is -2.09. The summed E-state index contributed by atoms with van der Waals surface area (Å²) in [5.74, 6) is -1.00. The highest BCUT2D eigenvalue weighted by Gasteiger charge is 2.15. The molecule has 0 fully saturated rings. The number of anilines is 2. The molecule has 10 heteroatoms. The van der Waals surface area contributed by atoms with Gasteiger partial charge in [0.15, 0.2) is 17.9 Å². The Balaban J connectivity index is 1.53. The Morgan fingerprint density at radius 2 is 1.94 bits per heavy atom. The van der Waals surface area contributed by atoms with Crippen molar-refractivity contribution in [1.82, 2.24) is 15.3 Å². The van der Waals surface area contributed by atoms with Crippen molar-refractivity contribution in [3.05, 3.63) is 66.8 Å². The van der Waals surface area contributed by atoms with Crippen molar-refractivity contribution in [3.63, 3.8) is 0 Å². The Morgan fingerprint density at radius 3 is 2.69 bits per heavy atom. The maximum absolute atomic E-state index is 11.3. The summed E-state index contributed by atoms with van der Waals surface area (Å²) in [5, 5.41) is 14.1. The van der Waals surface area contributed by atoms with Gasteiger partial charge < -0.3 is 29.3 Å².